The van der Waals surface area contributed by atoms with Crippen molar-refractivity contribution in [1.29, 1.82) is 0 Å². The molecule has 1 heterocycles. The van der Waals surface area contributed by atoms with Crippen molar-refractivity contribution in [3.8, 4) is 0 Å². The van der Waals surface area contributed by atoms with Crippen LogP contribution in [0.1, 0.15) is 0 Å². The molecule has 0 radical (unpaired) electrons. The Hall–Kier alpha value is -3.10. The highest BCUT2D eigenvalue weighted by Gasteiger charge is 2.09. The first kappa shape index (κ1) is 15.2. The van der Waals surface area contributed by atoms with E-state index in [9.17, 15) is 0 Å². The van der Waals surface area contributed by atoms with Gasteiger partial charge in [-0.15, -0.1) is 0 Å². The molecule has 0 saturated carbocycles. The summed E-state index contributed by atoms with van der Waals surface area (Å²) in [5.74, 6) is 0. The van der Waals surface area contributed by atoms with Gasteiger partial charge >= 0.3 is 0 Å². The van der Waals surface area contributed by atoms with Crippen LogP contribution in [0.2, 0.25) is 5.02 Å². The van der Waals surface area contributed by atoms with Crippen LogP contribution >= 0.6 is 11.6 Å². The molecule has 1 N–H and O–H groups in total. The number of fused-ring (bicyclic) bond motifs is 4. The molecule has 0 atom stereocenters. The third-order valence-electron chi connectivity index (χ3n) is 4.68. The summed E-state index contributed by atoms with van der Waals surface area (Å²) in [5, 5.41) is 9.80. The van der Waals surface area contributed by atoms with Crippen molar-refractivity contribution in [3.05, 3.63) is 90.1 Å². The Morgan fingerprint density at radius 3 is 2.12 bits per heavy atom. The molecule has 1 aromatic heterocycles. The lowest BCUT2D eigenvalue weighted by Crippen LogP contribution is -1.92. The maximum atomic E-state index is 6.55. The van der Waals surface area contributed by atoms with E-state index in [0.29, 0.717) is 0 Å². The lowest BCUT2D eigenvalue weighted by Gasteiger charge is -2.11. The molecule has 0 saturated heterocycles. The summed E-state index contributed by atoms with van der Waals surface area (Å²) in [7, 11) is 0. The number of halogens is 1. The standard InChI is InChI=1S/C23H15ClN2/c24-22-13-23-21(12-18(14-25-23)26-17-8-2-1-3-9-17)19-10-15-6-4-5-7-16(15)11-20(19)22/h1-14,26H. The summed E-state index contributed by atoms with van der Waals surface area (Å²) in [6.07, 6.45) is 1.85. The Morgan fingerprint density at radius 2 is 1.35 bits per heavy atom. The van der Waals surface area contributed by atoms with Crippen LogP contribution in [0.15, 0.2) is 85.1 Å². The van der Waals surface area contributed by atoms with Gasteiger partial charge in [0.05, 0.1) is 22.4 Å². The lowest BCUT2D eigenvalue weighted by atomic mass is 10.00. The molecule has 0 aliphatic heterocycles. The Bertz CT molecular complexity index is 1260. The fraction of sp³-hybridized carbons (Fsp3) is 0. The second-order valence-corrected chi connectivity index (χ2v) is 6.79. The van der Waals surface area contributed by atoms with E-state index >= 15 is 0 Å². The average Bonchev–Trinajstić information content (AvgIpc) is 2.68. The van der Waals surface area contributed by atoms with Crippen LogP contribution in [0.25, 0.3) is 32.4 Å². The third kappa shape index (κ3) is 2.56. The van der Waals surface area contributed by atoms with Crippen LogP contribution in [0.3, 0.4) is 0 Å². The molecule has 3 heteroatoms. The molecule has 26 heavy (non-hydrogen) atoms. The molecule has 4 aromatic carbocycles. The number of anilines is 2. The van der Waals surface area contributed by atoms with Crippen LogP contribution in [0.4, 0.5) is 11.4 Å². The first-order chi connectivity index (χ1) is 12.8. The summed E-state index contributed by atoms with van der Waals surface area (Å²) in [4.78, 5) is 4.62. The normalized spacial score (nSPS) is 11.3. The maximum absolute atomic E-state index is 6.55. The summed E-state index contributed by atoms with van der Waals surface area (Å²) in [5.41, 5.74) is 2.90. The molecular formula is C23H15ClN2. The quantitative estimate of drug-likeness (QED) is 0.274. The van der Waals surface area contributed by atoms with Crippen molar-refractivity contribution in [2.75, 3.05) is 5.32 Å². The van der Waals surface area contributed by atoms with Gasteiger partial charge < -0.3 is 5.32 Å². The number of para-hydroxylation sites is 1. The summed E-state index contributed by atoms with van der Waals surface area (Å²) in [6.45, 7) is 0. The lowest BCUT2D eigenvalue weighted by molar-refractivity contribution is 1.40. The topological polar surface area (TPSA) is 24.9 Å². The van der Waals surface area contributed by atoms with Crippen LogP contribution in [0, 0.1) is 0 Å². The SMILES string of the molecule is Clc1cc2ncc(Nc3ccccc3)cc2c2cc3ccccc3cc12. The van der Waals surface area contributed by atoms with E-state index in [2.05, 4.69) is 46.7 Å². The minimum Gasteiger partial charge on any atom is -0.354 e. The molecule has 0 spiro atoms. The summed E-state index contributed by atoms with van der Waals surface area (Å²) >= 11 is 6.55. The highest BCUT2D eigenvalue weighted by Crippen LogP contribution is 2.35. The van der Waals surface area contributed by atoms with Crippen molar-refractivity contribution in [3.63, 3.8) is 0 Å². The van der Waals surface area contributed by atoms with Gasteiger partial charge in [0, 0.05) is 16.5 Å². The molecule has 0 aliphatic carbocycles. The van der Waals surface area contributed by atoms with Crippen molar-refractivity contribution in [2.45, 2.75) is 0 Å². The van der Waals surface area contributed by atoms with Crippen LogP contribution < -0.4 is 5.32 Å². The van der Waals surface area contributed by atoms with Gasteiger partial charge in [0.15, 0.2) is 0 Å². The first-order valence-electron chi connectivity index (χ1n) is 8.51. The second kappa shape index (κ2) is 6.01. The zero-order valence-electron chi connectivity index (χ0n) is 13.9. The fourth-order valence-corrected chi connectivity index (χ4v) is 3.68. The Kier molecular flexibility index (Phi) is 3.51. The predicted molar refractivity (Wildman–Crippen MR) is 111 cm³/mol. The minimum atomic E-state index is 0.731. The van der Waals surface area contributed by atoms with E-state index in [-0.39, 0.29) is 0 Å². The summed E-state index contributed by atoms with van der Waals surface area (Å²) < 4.78 is 0. The van der Waals surface area contributed by atoms with Gasteiger partial charge in [-0.25, -0.2) is 0 Å². The molecule has 5 rings (SSSR count). The van der Waals surface area contributed by atoms with Gasteiger partial charge in [-0.3, -0.25) is 4.98 Å². The van der Waals surface area contributed by atoms with E-state index < -0.39 is 0 Å². The number of aromatic nitrogens is 1. The van der Waals surface area contributed by atoms with E-state index in [0.717, 1.165) is 38.1 Å². The largest absolute Gasteiger partial charge is 0.354 e. The first-order valence-corrected chi connectivity index (χ1v) is 8.88. The number of pyridine rings is 1. The smallest absolute Gasteiger partial charge is 0.0724 e. The monoisotopic (exact) mass is 354 g/mol. The molecule has 5 aromatic rings. The maximum Gasteiger partial charge on any atom is 0.0724 e. The molecule has 0 unspecified atom stereocenters. The predicted octanol–water partition coefficient (Wildman–Crippen LogP) is 6.94. The number of rotatable bonds is 2. The summed E-state index contributed by atoms with van der Waals surface area (Å²) in [6, 6.07) is 26.9. The van der Waals surface area contributed by atoms with Gasteiger partial charge in [0.2, 0.25) is 0 Å². The Balaban J connectivity index is 1.76. The zero-order valence-corrected chi connectivity index (χ0v) is 14.7. The van der Waals surface area contributed by atoms with Gasteiger partial charge in [0.25, 0.3) is 0 Å². The minimum absolute atomic E-state index is 0.731. The average molecular weight is 355 g/mol. The number of nitrogens with one attached hydrogen (secondary N) is 1. The molecule has 0 amide bonds. The van der Waals surface area contributed by atoms with E-state index in [1.54, 1.807) is 0 Å². The van der Waals surface area contributed by atoms with E-state index in [1.165, 1.54) is 10.8 Å². The second-order valence-electron chi connectivity index (χ2n) is 6.39. The van der Waals surface area contributed by atoms with Gasteiger partial charge in [-0.05, 0) is 52.6 Å². The van der Waals surface area contributed by atoms with Crippen LogP contribution in [0.5, 0.6) is 0 Å². The highest BCUT2D eigenvalue weighted by atomic mass is 35.5. The highest BCUT2D eigenvalue weighted by molar-refractivity contribution is 6.38. The Labute approximate surface area is 156 Å². The zero-order chi connectivity index (χ0) is 17.5. The van der Waals surface area contributed by atoms with Crippen molar-refractivity contribution >= 4 is 55.4 Å². The molecule has 0 fully saturated rings. The van der Waals surface area contributed by atoms with Crippen LogP contribution in [-0.4, -0.2) is 4.98 Å². The van der Waals surface area contributed by atoms with Gasteiger partial charge in [-0.2, -0.15) is 0 Å². The number of hydrogen-bond acceptors (Lipinski definition) is 2. The van der Waals surface area contributed by atoms with Crippen molar-refractivity contribution in [2.24, 2.45) is 0 Å². The number of benzene rings is 4. The van der Waals surface area contributed by atoms with E-state index in [4.69, 9.17) is 11.6 Å². The van der Waals surface area contributed by atoms with Gasteiger partial charge in [0.1, 0.15) is 0 Å². The fourth-order valence-electron chi connectivity index (χ4n) is 3.42. The van der Waals surface area contributed by atoms with Crippen LogP contribution in [-0.2, 0) is 0 Å². The number of hydrogen-bond donors (Lipinski definition) is 1. The Morgan fingerprint density at radius 1 is 0.654 bits per heavy atom. The third-order valence-corrected chi connectivity index (χ3v) is 4.99. The van der Waals surface area contributed by atoms with Crippen molar-refractivity contribution in [1.82, 2.24) is 4.98 Å². The number of nitrogens with zero attached hydrogens (tertiary/aromatic N) is 1. The molecular weight excluding hydrogens is 340 g/mol. The molecule has 0 bridgehead atoms. The van der Waals surface area contributed by atoms with E-state index in [1.807, 2.05) is 48.7 Å². The van der Waals surface area contributed by atoms with Crippen molar-refractivity contribution < 1.29 is 0 Å². The molecule has 124 valence electrons. The molecule has 2 nitrogen and oxygen atoms in total. The molecule has 0 aliphatic rings. The van der Waals surface area contributed by atoms with Gasteiger partial charge in [-0.1, -0.05) is 54.1 Å².